The SMILES string of the molecule is CCc1noc(C)c1C(=O)N1CC[C@@]23OCCN2C(=O)C[C@@H]13. The highest BCUT2D eigenvalue weighted by Crippen LogP contribution is 2.46. The van der Waals surface area contributed by atoms with Crippen LogP contribution in [0.2, 0.25) is 0 Å². The van der Waals surface area contributed by atoms with E-state index in [1.807, 2.05) is 11.8 Å². The molecule has 2 amide bonds. The number of nitrogens with zero attached hydrogens (tertiary/aromatic N) is 3. The maximum absolute atomic E-state index is 13.0. The van der Waals surface area contributed by atoms with Gasteiger partial charge < -0.3 is 19.1 Å². The zero-order chi connectivity index (χ0) is 15.5. The van der Waals surface area contributed by atoms with Crippen LogP contribution in [0.1, 0.15) is 41.6 Å². The van der Waals surface area contributed by atoms with Crippen LogP contribution < -0.4 is 0 Å². The lowest BCUT2D eigenvalue weighted by Crippen LogP contribution is -2.48. The Morgan fingerprint density at radius 3 is 3.05 bits per heavy atom. The third kappa shape index (κ3) is 1.57. The molecule has 3 aliphatic heterocycles. The third-order valence-corrected chi connectivity index (χ3v) is 5.14. The van der Waals surface area contributed by atoms with Crippen molar-refractivity contribution in [2.24, 2.45) is 0 Å². The van der Waals surface area contributed by atoms with Gasteiger partial charge in [0.1, 0.15) is 11.3 Å². The maximum atomic E-state index is 13.0. The van der Waals surface area contributed by atoms with E-state index in [-0.39, 0.29) is 17.9 Å². The van der Waals surface area contributed by atoms with Crippen LogP contribution in [0.3, 0.4) is 0 Å². The van der Waals surface area contributed by atoms with Crippen LogP contribution in [0.4, 0.5) is 0 Å². The van der Waals surface area contributed by atoms with E-state index in [1.165, 1.54) is 0 Å². The summed E-state index contributed by atoms with van der Waals surface area (Å²) in [6.45, 7) is 5.48. The fraction of sp³-hybridized carbons (Fsp3) is 0.667. The van der Waals surface area contributed by atoms with E-state index in [2.05, 4.69) is 5.16 Å². The molecule has 7 nitrogen and oxygen atoms in total. The van der Waals surface area contributed by atoms with Gasteiger partial charge in [0.15, 0.2) is 5.72 Å². The van der Waals surface area contributed by atoms with Crippen LogP contribution in [0.15, 0.2) is 4.52 Å². The van der Waals surface area contributed by atoms with E-state index in [4.69, 9.17) is 9.26 Å². The van der Waals surface area contributed by atoms with Crippen molar-refractivity contribution < 1.29 is 18.8 Å². The molecule has 3 saturated heterocycles. The molecule has 1 aromatic heterocycles. The molecule has 2 atom stereocenters. The first-order valence-electron chi connectivity index (χ1n) is 7.79. The predicted octanol–water partition coefficient (Wildman–Crippen LogP) is 0.719. The molecular formula is C15H19N3O4. The van der Waals surface area contributed by atoms with E-state index >= 15 is 0 Å². The molecule has 7 heteroatoms. The second-order valence-corrected chi connectivity index (χ2v) is 6.12. The summed E-state index contributed by atoms with van der Waals surface area (Å²) in [5.41, 5.74) is 0.630. The Hall–Kier alpha value is -1.89. The highest BCUT2D eigenvalue weighted by molar-refractivity contribution is 5.97. The van der Waals surface area contributed by atoms with Gasteiger partial charge in [0.2, 0.25) is 5.91 Å². The van der Waals surface area contributed by atoms with Crippen molar-refractivity contribution in [2.75, 3.05) is 19.7 Å². The highest BCUT2D eigenvalue weighted by Gasteiger charge is 2.63. The van der Waals surface area contributed by atoms with Gasteiger partial charge >= 0.3 is 0 Å². The number of carbonyl (C=O) groups excluding carboxylic acids is 2. The van der Waals surface area contributed by atoms with Gasteiger partial charge in [-0.25, -0.2) is 0 Å². The number of amides is 2. The Labute approximate surface area is 128 Å². The zero-order valence-electron chi connectivity index (χ0n) is 12.8. The van der Waals surface area contributed by atoms with Gasteiger partial charge in [0, 0.05) is 19.5 Å². The molecule has 0 aromatic carbocycles. The van der Waals surface area contributed by atoms with Gasteiger partial charge in [-0.2, -0.15) is 0 Å². The summed E-state index contributed by atoms with van der Waals surface area (Å²) in [7, 11) is 0. The van der Waals surface area contributed by atoms with Crippen LogP contribution >= 0.6 is 0 Å². The molecule has 4 heterocycles. The lowest BCUT2D eigenvalue weighted by Gasteiger charge is -2.31. The van der Waals surface area contributed by atoms with E-state index in [0.29, 0.717) is 56.0 Å². The third-order valence-electron chi connectivity index (χ3n) is 5.14. The quantitative estimate of drug-likeness (QED) is 0.804. The Bertz CT molecular complexity index is 655. The zero-order valence-corrected chi connectivity index (χ0v) is 12.8. The Kier molecular flexibility index (Phi) is 2.84. The molecule has 0 saturated carbocycles. The molecule has 0 N–H and O–H groups in total. The van der Waals surface area contributed by atoms with Crippen molar-refractivity contribution in [2.45, 2.75) is 44.9 Å². The fourth-order valence-corrected chi connectivity index (χ4v) is 4.11. The average molecular weight is 305 g/mol. The summed E-state index contributed by atoms with van der Waals surface area (Å²) < 4.78 is 11.1. The van der Waals surface area contributed by atoms with E-state index in [9.17, 15) is 9.59 Å². The molecule has 1 aromatic rings. The van der Waals surface area contributed by atoms with Crippen LogP contribution in [-0.4, -0.2) is 58.2 Å². The number of hydrogen-bond donors (Lipinski definition) is 0. The van der Waals surface area contributed by atoms with Crippen molar-refractivity contribution in [1.29, 1.82) is 0 Å². The van der Waals surface area contributed by atoms with Crippen LogP contribution in [0.25, 0.3) is 0 Å². The van der Waals surface area contributed by atoms with Gasteiger partial charge in [0.25, 0.3) is 5.91 Å². The molecule has 1 spiro atoms. The number of rotatable bonds is 2. The normalized spacial score (nSPS) is 30.1. The van der Waals surface area contributed by atoms with Gasteiger partial charge in [-0.1, -0.05) is 12.1 Å². The molecule has 0 bridgehead atoms. The fourth-order valence-electron chi connectivity index (χ4n) is 4.11. The summed E-state index contributed by atoms with van der Waals surface area (Å²) in [6, 6.07) is -0.200. The Morgan fingerprint density at radius 2 is 2.27 bits per heavy atom. The highest BCUT2D eigenvalue weighted by atomic mass is 16.5. The molecule has 3 fully saturated rings. The van der Waals surface area contributed by atoms with E-state index in [0.717, 1.165) is 0 Å². The van der Waals surface area contributed by atoms with Crippen LogP contribution in [-0.2, 0) is 16.0 Å². The van der Waals surface area contributed by atoms with Gasteiger partial charge in [0.05, 0.1) is 24.8 Å². The van der Waals surface area contributed by atoms with Gasteiger partial charge in [-0.15, -0.1) is 0 Å². The molecule has 3 aliphatic rings. The molecule has 118 valence electrons. The maximum Gasteiger partial charge on any atom is 0.259 e. The van der Waals surface area contributed by atoms with Gasteiger partial charge in [-0.3, -0.25) is 9.59 Å². The van der Waals surface area contributed by atoms with E-state index in [1.54, 1.807) is 11.8 Å². The van der Waals surface area contributed by atoms with Crippen LogP contribution in [0, 0.1) is 6.92 Å². The smallest absolute Gasteiger partial charge is 0.259 e. The lowest BCUT2D eigenvalue weighted by atomic mass is 10.1. The average Bonchev–Trinajstić information content (AvgIpc) is 3.21. The monoisotopic (exact) mass is 305 g/mol. The topological polar surface area (TPSA) is 75.9 Å². The number of ether oxygens (including phenoxy) is 1. The Balaban J connectivity index is 1.68. The summed E-state index contributed by atoms with van der Waals surface area (Å²) in [4.78, 5) is 28.8. The van der Waals surface area contributed by atoms with Crippen molar-refractivity contribution >= 4 is 11.8 Å². The molecule has 22 heavy (non-hydrogen) atoms. The van der Waals surface area contributed by atoms with E-state index < -0.39 is 5.72 Å². The second-order valence-electron chi connectivity index (χ2n) is 6.12. The number of likely N-dealkylation sites (tertiary alicyclic amines) is 1. The molecule has 0 unspecified atom stereocenters. The summed E-state index contributed by atoms with van der Waals surface area (Å²) in [5, 5.41) is 3.96. The minimum absolute atomic E-state index is 0.0813. The minimum atomic E-state index is -0.593. The standard InChI is InChI=1S/C15H19N3O4/c1-3-10-13(9(2)22-16-10)14(20)17-5-4-15-11(17)8-12(19)18(15)6-7-21-15/h11H,3-8H2,1-2H3/t11-,15+/m1/s1. The van der Waals surface area contributed by atoms with Crippen molar-refractivity contribution in [3.8, 4) is 0 Å². The summed E-state index contributed by atoms with van der Waals surface area (Å²) in [5.74, 6) is 0.525. The minimum Gasteiger partial charge on any atom is -0.361 e. The van der Waals surface area contributed by atoms with Gasteiger partial charge in [-0.05, 0) is 13.3 Å². The summed E-state index contributed by atoms with van der Waals surface area (Å²) in [6.07, 6.45) is 1.67. The molecular weight excluding hydrogens is 286 g/mol. The first-order valence-corrected chi connectivity index (χ1v) is 7.79. The largest absolute Gasteiger partial charge is 0.361 e. The first-order chi connectivity index (χ1) is 10.6. The van der Waals surface area contributed by atoms with Crippen LogP contribution in [0.5, 0.6) is 0 Å². The number of aromatic nitrogens is 1. The molecule has 4 rings (SSSR count). The first kappa shape index (κ1) is 13.8. The molecule has 0 aliphatic carbocycles. The second kappa shape index (κ2) is 4.55. The summed E-state index contributed by atoms with van der Waals surface area (Å²) >= 11 is 0. The van der Waals surface area contributed by atoms with Crippen molar-refractivity contribution in [3.63, 3.8) is 0 Å². The number of aryl methyl sites for hydroxylation is 2. The molecule has 0 radical (unpaired) electrons. The number of hydrogen-bond acceptors (Lipinski definition) is 5. The van der Waals surface area contributed by atoms with Crippen molar-refractivity contribution in [3.05, 3.63) is 17.0 Å². The predicted molar refractivity (Wildman–Crippen MR) is 75.1 cm³/mol. The number of carbonyl (C=O) groups is 2. The Morgan fingerprint density at radius 1 is 1.45 bits per heavy atom. The van der Waals surface area contributed by atoms with Crippen molar-refractivity contribution in [1.82, 2.24) is 15.0 Å². The lowest BCUT2D eigenvalue weighted by molar-refractivity contribution is -0.136.